The minimum Gasteiger partial charge on any atom is -0.322 e. The average Bonchev–Trinajstić information content (AvgIpc) is 3.02. The lowest BCUT2D eigenvalue weighted by Gasteiger charge is -2.11. The van der Waals surface area contributed by atoms with Crippen molar-refractivity contribution in [2.45, 2.75) is 20.0 Å². The van der Waals surface area contributed by atoms with Crippen LogP contribution in [-0.2, 0) is 6.18 Å². The summed E-state index contributed by atoms with van der Waals surface area (Å²) in [5.41, 5.74) is 1.38. The van der Waals surface area contributed by atoms with E-state index in [1.807, 2.05) is 6.92 Å². The van der Waals surface area contributed by atoms with Gasteiger partial charge in [0.2, 0.25) is 0 Å². The van der Waals surface area contributed by atoms with E-state index in [2.05, 4.69) is 20.8 Å². The molecule has 1 N–H and O–H groups in total. The first kappa shape index (κ1) is 17.6. The second-order valence-electron chi connectivity index (χ2n) is 5.67. The molecule has 3 aromatic rings. The maximum absolute atomic E-state index is 12.6. The molecule has 0 aliphatic carbocycles. The molecule has 0 saturated carbocycles. The molecule has 0 unspecified atom stereocenters. The van der Waals surface area contributed by atoms with Gasteiger partial charge in [-0.05, 0) is 66.2 Å². The van der Waals surface area contributed by atoms with Crippen molar-refractivity contribution in [3.8, 4) is 5.69 Å². The van der Waals surface area contributed by atoms with Gasteiger partial charge in [0.1, 0.15) is 0 Å². The SMILES string of the molecule is Cc1ccc(NC(=O)c2ccc(C(F)(F)F)cc2)cc1-n1nnnc1C. The lowest BCUT2D eigenvalue weighted by Crippen LogP contribution is -2.13. The molecule has 2 aromatic carbocycles. The zero-order valence-electron chi connectivity index (χ0n) is 13.9. The van der Waals surface area contributed by atoms with Crippen molar-refractivity contribution in [3.05, 3.63) is 65.0 Å². The van der Waals surface area contributed by atoms with Gasteiger partial charge in [-0.2, -0.15) is 17.9 Å². The number of hydrogen-bond donors (Lipinski definition) is 1. The van der Waals surface area contributed by atoms with E-state index in [1.165, 1.54) is 4.68 Å². The van der Waals surface area contributed by atoms with Crippen LogP contribution in [0.1, 0.15) is 27.3 Å². The van der Waals surface area contributed by atoms with Crippen molar-refractivity contribution >= 4 is 11.6 Å². The van der Waals surface area contributed by atoms with E-state index in [0.29, 0.717) is 17.2 Å². The number of tetrazole rings is 1. The molecule has 0 bridgehead atoms. The van der Waals surface area contributed by atoms with E-state index in [9.17, 15) is 18.0 Å². The molecule has 6 nitrogen and oxygen atoms in total. The average molecular weight is 361 g/mol. The summed E-state index contributed by atoms with van der Waals surface area (Å²) in [4.78, 5) is 12.3. The van der Waals surface area contributed by atoms with E-state index >= 15 is 0 Å². The van der Waals surface area contributed by atoms with Gasteiger partial charge < -0.3 is 5.32 Å². The minimum absolute atomic E-state index is 0.124. The van der Waals surface area contributed by atoms with Crippen molar-refractivity contribution in [2.75, 3.05) is 5.32 Å². The molecule has 0 atom stereocenters. The summed E-state index contributed by atoms with van der Waals surface area (Å²) in [6, 6.07) is 9.21. The van der Waals surface area contributed by atoms with Crippen LogP contribution in [0.15, 0.2) is 42.5 Å². The molecule has 134 valence electrons. The Labute approximate surface area is 146 Å². The number of amides is 1. The number of carbonyl (C=O) groups is 1. The largest absolute Gasteiger partial charge is 0.416 e. The quantitative estimate of drug-likeness (QED) is 0.774. The highest BCUT2D eigenvalue weighted by atomic mass is 19.4. The van der Waals surface area contributed by atoms with Crippen molar-refractivity contribution < 1.29 is 18.0 Å². The van der Waals surface area contributed by atoms with Crippen LogP contribution in [0.5, 0.6) is 0 Å². The second-order valence-corrected chi connectivity index (χ2v) is 5.67. The van der Waals surface area contributed by atoms with Gasteiger partial charge in [0, 0.05) is 11.3 Å². The third kappa shape index (κ3) is 3.56. The fourth-order valence-electron chi connectivity index (χ4n) is 2.38. The Morgan fingerprint density at radius 1 is 1.08 bits per heavy atom. The maximum atomic E-state index is 12.6. The van der Waals surface area contributed by atoms with E-state index in [1.54, 1.807) is 25.1 Å². The summed E-state index contributed by atoms with van der Waals surface area (Å²) in [7, 11) is 0. The van der Waals surface area contributed by atoms with Crippen LogP contribution in [0.4, 0.5) is 18.9 Å². The molecular weight excluding hydrogens is 347 g/mol. The Balaban J connectivity index is 1.83. The number of carbonyl (C=O) groups excluding carboxylic acids is 1. The van der Waals surface area contributed by atoms with E-state index in [-0.39, 0.29) is 5.56 Å². The smallest absolute Gasteiger partial charge is 0.322 e. The van der Waals surface area contributed by atoms with Gasteiger partial charge in [-0.25, -0.2) is 0 Å². The van der Waals surface area contributed by atoms with Crippen LogP contribution < -0.4 is 5.32 Å². The topological polar surface area (TPSA) is 72.7 Å². The summed E-state index contributed by atoms with van der Waals surface area (Å²) in [5, 5.41) is 14.0. The summed E-state index contributed by atoms with van der Waals surface area (Å²) >= 11 is 0. The van der Waals surface area contributed by atoms with Gasteiger partial charge in [0.25, 0.3) is 5.91 Å². The Hall–Kier alpha value is -3.23. The number of alkyl halides is 3. The molecule has 0 aliphatic rings. The molecule has 0 saturated heterocycles. The number of rotatable bonds is 3. The lowest BCUT2D eigenvalue weighted by molar-refractivity contribution is -0.137. The third-order valence-corrected chi connectivity index (χ3v) is 3.80. The van der Waals surface area contributed by atoms with Crippen LogP contribution >= 0.6 is 0 Å². The van der Waals surface area contributed by atoms with Crippen LogP contribution in [0.3, 0.4) is 0 Å². The number of nitrogens with zero attached hydrogens (tertiary/aromatic N) is 4. The number of aromatic nitrogens is 4. The molecule has 0 aliphatic heterocycles. The van der Waals surface area contributed by atoms with Crippen LogP contribution in [0.2, 0.25) is 0 Å². The fraction of sp³-hybridized carbons (Fsp3) is 0.176. The highest BCUT2D eigenvalue weighted by Gasteiger charge is 2.30. The standard InChI is InChI=1S/C17H14F3N5O/c1-10-3-8-14(9-15(10)25-11(2)22-23-24-25)21-16(26)12-4-6-13(7-5-12)17(18,19)20/h3-9H,1-2H3,(H,21,26). The van der Waals surface area contributed by atoms with Crippen LogP contribution in [-0.4, -0.2) is 26.1 Å². The summed E-state index contributed by atoms with van der Waals surface area (Å²) in [6.07, 6.45) is -4.44. The van der Waals surface area contributed by atoms with E-state index < -0.39 is 17.6 Å². The number of nitrogens with one attached hydrogen (secondary N) is 1. The van der Waals surface area contributed by atoms with Crippen molar-refractivity contribution in [1.29, 1.82) is 0 Å². The highest BCUT2D eigenvalue weighted by Crippen LogP contribution is 2.29. The molecule has 0 radical (unpaired) electrons. The highest BCUT2D eigenvalue weighted by molar-refractivity contribution is 6.04. The van der Waals surface area contributed by atoms with E-state index in [0.717, 1.165) is 29.8 Å². The molecule has 0 fully saturated rings. The monoisotopic (exact) mass is 361 g/mol. The third-order valence-electron chi connectivity index (χ3n) is 3.80. The molecule has 26 heavy (non-hydrogen) atoms. The van der Waals surface area contributed by atoms with Gasteiger partial charge >= 0.3 is 6.18 Å². The first-order valence-electron chi connectivity index (χ1n) is 7.60. The van der Waals surface area contributed by atoms with Gasteiger partial charge in [-0.15, -0.1) is 5.10 Å². The summed E-state index contributed by atoms with van der Waals surface area (Å²) in [5.74, 6) is 0.0706. The number of hydrogen-bond acceptors (Lipinski definition) is 4. The van der Waals surface area contributed by atoms with Gasteiger partial charge in [-0.3, -0.25) is 4.79 Å². The zero-order chi connectivity index (χ0) is 18.9. The van der Waals surface area contributed by atoms with Crippen LogP contribution in [0, 0.1) is 13.8 Å². The molecule has 1 aromatic heterocycles. The van der Waals surface area contributed by atoms with Gasteiger partial charge in [-0.1, -0.05) is 6.07 Å². The number of halogens is 3. The molecule has 0 spiro atoms. The van der Waals surface area contributed by atoms with Crippen molar-refractivity contribution in [3.63, 3.8) is 0 Å². The molecule has 9 heteroatoms. The lowest BCUT2D eigenvalue weighted by atomic mass is 10.1. The fourth-order valence-corrected chi connectivity index (χ4v) is 2.38. The number of aryl methyl sites for hydroxylation is 2. The molecule has 1 heterocycles. The zero-order valence-corrected chi connectivity index (χ0v) is 13.9. The number of anilines is 1. The first-order valence-corrected chi connectivity index (χ1v) is 7.60. The van der Waals surface area contributed by atoms with Crippen molar-refractivity contribution in [1.82, 2.24) is 20.2 Å². The first-order chi connectivity index (χ1) is 12.3. The normalized spacial score (nSPS) is 11.4. The number of benzene rings is 2. The molecule has 3 rings (SSSR count). The molecule has 1 amide bonds. The van der Waals surface area contributed by atoms with E-state index in [4.69, 9.17) is 0 Å². The predicted octanol–water partition coefficient (Wildman–Crippen LogP) is 3.55. The van der Waals surface area contributed by atoms with Crippen molar-refractivity contribution in [2.24, 2.45) is 0 Å². The van der Waals surface area contributed by atoms with Gasteiger partial charge in [0.15, 0.2) is 5.82 Å². The van der Waals surface area contributed by atoms with Gasteiger partial charge in [0.05, 0.1) is 11.3 Å². The maximum Gasteiger partial charge on any atom is 0.416 e. The Morgan fingerprint density at radius 3 is 2.35 bits per heavy atom. The predicted molar refractivity (Wildman–Crippen MR) is 88.0 cm³/mol. The summed E-state index contributed by atoms with van der Waals surface area (Å²) in [6.45, 7) is 3.62. The Morgan fingerprint density at radius 2 is 1.77 bits per heavy atom. The molecular formula is C17H14F3N5O. The summed E-state index contributed by atoms with van der Waals surface area (Å²) < 4.78 is 39.3. The Bertz CT molecular complexity index is 948. The minimum atomic E-state index is -4.44. The second kappa shape index (κ2) is 6.58. The Kier molecular flexibility index (Phi) is 4.45. The van der Waals surface area contributed by atoms with Crippen LogP contribution in [0.25, 0.3) is 5.69 Å².